The third-order valence-corrected chi connectivity index (χ3v) is 5.83. The zero-order chi connectivity index (χ0) is 25.5. The zero-order valence-corrected chi connectivity index (χ0v) is 19.3. The number of hydrogen-bond donors (Lipinski definition) is 6. The van der Waals surface area contributed by atoms with Crippen LogP contribution in [0.1, 0.15) is 31.0 Å². The van der Waals surface area contributed by atoms with E-state index >= 15 is 0 Å². The van der Waals surface area contributed by atoms with Crippen LogP contribution < -0.4 is 16.4 Å². The van der Waals surface area contributed by atoms with E-state index in [2.05, 4.69) is 20.6 Å². The SMILES string of the molecule is CC(N)C(=O)N1CCCC1C(=O)NC(Cc1ccc(O)cc1)C(=O)NC(Cc1cnc[nH]1)C(=O)O. The molecule has 2 heterocycles. The maximum absolute atomic E-state index is 13.2. The minimum absolute atomic E-state index is 0.0275. The van der Waals surface area contributed by atoms with Crippen molar-refractivity contribution < 1.29 is 29.4 Å². The van der Waals surface area contributed by atoms with Crippen molar-refractivity contribution in [1.29, 1.82) is 0 Å². The van der Waals surface area contributed by atoms with Crippen LogP contribution in [-0.4, -0.2) is 79.5 Å². The number of carboxylic acid groups (broad SMARTS) is 1. The van der Waals surface area contributed by atoms with Crippen LogP contribution in [0.3, 0.4) is 0 Å². The van der Waals surface area contributed by atoms with Gasteiger partial charge < -0.3 is 36.5 Å². The molecule has 12 heteroatoms. The first-order chi connectivity index (χ1) is 16.7. The van der Waals surface area contributed by atoms with Gasteiger partial charge in [0.2, 0.25) is 17.7 Å². The van der Waals surface area contributed by atoms with Gasteiger partial charge in [-0.25, -0.2) is 9.78 Å². The number of benzene rings is 1. The molecule has 3 amide bonds. The highest BCUT2D eigenvalue weighted by Gasteiger charge is 2.37. The topological polar surface area (TPSA) is 191 Å². The maximum Gasteiger partial charge on any atom is 0.326 e. The average Bonchev–Trinajstić information content (AvgIpc) is 3.51. The number of carboxylic acids is 1. The number of aromatic amines is 1. The Morgan fingerprint density at radius 3 is 2.49 bits per heavy atom. The number of aromatic hydroxyl groups is 1. The fourth-order valence-corrected chi connectivity index (χ4v) is 4.00. The lowest BCUT2D eigenvalue weighted by atomic mass is 10.0. The highest BCUT2D eigenvalue weighted by molar-refractivity contribution is 5.94. The standard InChI is InChI=1S/C23H30N6O6/c1-13(24)22(33)29-8-2-3-19(29)21(32)27-17(9-14-4-6-16(30)7-5-14)20(31)28-18(23(34)35)10-15-11-25-12-26-15/h4-7,11-13,17-19,30H,2-3,8-10,24H2,1H3,(H,25,26)(H,27,32)(H,28,31)(H,34,35). The highest BCUT2D eigenvalue weighted by atomic mass is 16.4. The summed E-state index contributed by atoms with van der Waals surface area (Å²) in [6.45, 7) is 1.93. The molecule has 0 saturated carbocycles. The molecule has 188 valence electrons. The molecular weight excluding hydrogens is 456 g/mol. The zero-order valence-electron chi connectivity index (χ0n) is 19.3. The van der Waals surface area contributed by atoms with Crippen LogP contribution in [0.2, 0.25) is 0 Å². The molecular formula is C23H30N6O6. The summed E-state index contributed by atoms with van der Waals surface area (Å²) in [4.78, 5) is 58.5. The molecule has 0 spiro atoms. The molecule has 1 aromatic heterocycles. The van der Waals surface area contributed by atoms with Gasteiger partial charge in [0.05, 0.1) is 12.4 Å². The summed E-state index contributed by atoms with van der Waals surface area (Å²) in [5, 5.41) is 24.3. The minimum atomic E-state index is -1.26. The quantitative estimate of drug-likeness (QED) is 0.254. The van der Waals surface area contributed by atoms with Gasteiger partial charge in [0.15, 0.2) is 0 Å². The van der Waals surface area contributed by atoms with E-state index in [1.807, 2.05) is 0 Å². The molecule has 35 heavy (non-hydrogen) atoms. The summed E-state index contributed by atoms with van der Waals surface area (Å²) in [7, 11) is 0. The Morgan fingerprint density at radius 2 is 1.89 bits per heavy atom. The van der Waals surface area contributed by atoms with Crippen molar-refractivity contribution in [3.63, 3.8) is 0 Å². The van der Waals surface area contributed by atoms with Gasteiger partial charge in [-0.1, -0.05) is 12.1 Å². The van der Waals surface area contributed by atoms with E-state index in [0.717, 1.165) is 0 Å². The molecule has 1 saturated heterocycles. The van der Waals surface area contributed by atoms with E-state index in [1.165, 1.54) is 29.6 Å². The predicted molar refractivity (Wildman–Crippen MR) is 124 cm³/mol. The third kappa shape index (κ3) is 6.79. The van der Waals surface area contributed by atoms with Crippen molar-refractivity contribution in [2.45, 2.75) is 56.8 Å². The van der Waals surface area contributed by atoms with Crippen LogP contribution in [0.4, 0.5) is 0 Å². The van der Waals surface area contributed by atoms with Crippen molar-refractivity contribution in [2.75, 3.05) is 6.54 Å². The van der Waals surface area contributed by atoms with Crippen LogP contribution in [0.15, 0.2) is 36.8 Å². The number of nitrogens with two attached hydrogens (primary N) is 1. The monoisotopic (exact) mass is 486 g/mol. The van der Waals surface area contributed by atoms with Gasteiger partial charge >= 0.3 is 5.97 Å². The Kier molecular flexibility index (Phi) is 8.42. The minimum Gasteiger partial charge on any atom is -0.508 e. The van der Waals surface area contributed by atoms with E-state index in [4.69, 9.17) is 5.73 Å². The van der Waals surface area contributed by atoms with E-state index < -0.39 is 42.0 Å². The van der Waals surface area contributed by atoms with E-state index in [9.17, 15) is 29.4 Å². The second-order valence-corrected chi connectivity index (χ2v) is 8.59. The Hall–Kier alpha value is -3.93. The molecule has 2 aromatic rings. The summed E-state index contributed by atoms with van der Waals surface area (Å²) >= 11 is 0. The molecule has 0 bridgehead atoms. The number of nitrogens with zero attached hydrogens (tertiary/aromatic N) is 2. The molecule has 0 radical (unpaired) electrons. The number of carbonyl (C=O) groups is 4. The number of likely N-dealkylation sites (tertiary alicyclic amines) is 1. The Balaban J connectivity index is 1.77. The first-order valence-electron chi connectivity index (χ1n) is 11.3. The molecule has 3 rings (SSSR count). The van der Waals surface area contributed by atoms with E-state index in [0.29, 0.717) is 30.6 Å². The Labute approximate surface area is 201 Å². The second kappa shape index (κ2) is 11.5. The second-order valence-electron chi connectivity index (χ2n) is 8.59. The van der Waals surface area contributed by atoms with Crippen LogP contribution in [0.25, 0.3) is 0 Å². The highest BCUT2D eigenvalue weighted by Crippen LogP contribution is 2.19. The lowest BCUT2D eigenvalue weighted by Gasteiger charge is -2.28. The van der Waals surface area contributed by atoms with Gasteiger partial charge in [0, 0.05) is 31.3 Å². The largest absolute Gasteiger partial charge is 0.508 e. The number of phenolic OH excluding ortho intramolecular Hbond substituents is 1. The molecule has 0 aliphatic carbocycles. The number of H-pyrrole nitrogens is 1. The summed E-state index contributed by atoms with van der Waals surface area (Å²) in [6.07, 6.45) is 3.93. The van der Waals surface area contributed by atoms with E-state index in [1.54, 1.807) is 19.1 Å². The van der Waals surface area contributed by atoms with Crippen LogP contribution in [-0.2, 0) is 32.0 Å². The van der Waals surface area contributed by atoms with Gasteiger partial charge in [-0.3, -0.25) is 14.4 Å². The maximum atomic E-state index is 13.2. The smallest absolute Gasteiger partial charge is 0.326 e. The van der Waals surface area contributed by atoms with Crippen molar-refractivity contribution >= 4 is 23.7 Å². The van der Waals surface area contributed by atoms with Gasteiger partial charge in [-0.05, 0) is 37.5 Å². The average molecular weight is 487 g/mol. The van der Waals surface area contributed by atoms with Crippen LogP contribution in [0.5, 0.6) is 5.75 Å². The molecule has 4 atom stereocenters. The number of hydrogen-bond acceptors (Lipinski definition) is 7. The Bertz CT molecular complexity index is 1040. The number of amides is 3. The van der Waals surface area contributed by atoms with Gasteiger partial charge in [0.1, 0.15) is 23.9 Å². The number of carbonyl (C=O) groups excluding carboxylic acids is 3. The van der Waals surface area contributed by atoms with Crippen molar-refractivity contribution in [3.8, 4) is 5.75 Å². The van der Waals surface area contributed by atoms with Crippen molar-refractivity contribution in [1.82, 2.24) is 25.5 Å². The van der Waals surface area contributed by atoms with E-state index in [-0.39, 0.29) is 24.5 Å². The Morgan fingerprint density at radius 1 is 1.17 bits per heavy atom. The van der Waals surface area contributed by atoms with Crippen LogP contribution in [0, 0.1) is 0 Å². The van der Waals surface area contributed by atoms with Gasteiger partial charge in [0.25, 0.3) is 0 Å². The summed E-state index contributed by atoms with van der Waals surface area (Å²) in [5.41, 5.74) is 6.87. The lowest BCUT2D eigenvalue weighted by Crippen LogP contribution is -2.57. The van der Waals surface area contributed by atoms with Crippen molar-refractivity contribution in [3.05, 3.63) is 48.0 Å². The molecule has 7 N–H and O–H groups in total. The van der Waals surface area contributed by atoms with Crippen molar-refractivity contribution in [2.24, 2.45) is 5.73 Å². The number of aromatic nitrogens is 2. The fraction of sp³-hybridized carbons (Fsp3) is 0.435. The molecule has 1 aliphatic rings. The molecule has 1 fully saturated rings. The lowest BCUT2D eigenvalue weighted by molar-refractivity contribution is -0.143. The number of phenols is 1. The first kappa shape index (κ1) is 25.7. The number of imidazole rings is 1. The summed E-state index contributed by atoms with van der Waals surface area (Å²) in [6, 6.07) is 2.18. The van der Waals surface area contributed by atoms with Gasteiger partial charge in [-0.15, -0.1) is 0 Å². The fourth-order valence-electron chi connectivity index (χ4n) is 4.00. The normalized spacial score (nSPS) is 17.9. The summed E-state index contributed by atoms with van der Waals surface area (Å²) < 4.78 is 0. The summed E-state index contributed by atoms with van der Waals surface area (Å²) in [5.74, 6) is -2.77. The number of aliphatic carboxylic acids is 1. The number of nitrogens with one attached hydrogen (secondary N) is 3. The molecule has 4 unspecified atom stereocenters. The first-order valence-corrected chi connectivity index (χ1v) is 11.3. The third-order valence-electron chi connectivity index (χ3n) is 5.83. The predicted octanol–water partition coefficient (Wildman–Crippen LogP) is -0.707. The number of rotatable bonds is 10. The molecule has 1 aliphatic heterocycles. The molecule has 12 nitrogen and oxygen atoms in total. The molecule has 1 aromatic carbocycles. The van der Waals surface area contributed by atoms with Crippen LogP contribution >= 0.6 is 0 Å². The van der Waals surface area contributed by atoms with Gasteiger partial charge in [-0.2, -0.15) is 0 Å².